The molecule has 2 aromatic heterocycles. The van der Waals surface area contributed by atoms with Crippen molar-refractivity contribution in [1.29, 1.82) is 0 Å². The molecule has 2 heterocycles. The van der Waals surface area contributed by atoms with E-state index in [1.54, 1.807) is 19.1 Å². The molecule has 0 atom stereocenters. The molecule has 1 N–H and O–H groups in total. The molecule has 0 spiro atoms. The van der Waals surface area contributed by atoms with E-state index >= 15 is 0 Å². The van der Waals surface area contributed by atoms with Gasteiger partial charge in [0.2, 0.25) is 5.82 Å². The summed E-state index contributed by atoms with van der Waals surface area (Å²) in [5.74, 6) is 0.351. The maximum absolute atomic E-state index is 12.7. The van der Waals surface area contributed by atoms with Crippen molar-refractivity contribution in [3.05, 3.63) is 51.0 Å². The van der Waals surface area contributed by atoms with Crippen molar-refractivity contribution in [3.63, 3.8) is 0 Å². The van der Waals surface area contributed by atoms with Gasteiger partial charge in [-0.3, -0.25) is 4.72 Å². The predicted octanol–water partition coefficient (Wildman–Crippen LogP) is 3.53. The van der Waals surface area contributed by atoms with Gasteiger partial charge in [0, 0.05) is 22.4 Å². The maximum atomic E-state index is 12.7. The van der Waals surface area contributed by atoms with Crippen LogP contribution < -0.4 is 9.46 Å². The predicted molar refractivity (Wildman–Crippen MR) is 104 cm³/mol. The van der Waals surface area contributed by atoms with Crippen molar-refractivity contribution in [1.82, 2.24) is 15.1 Å². The highest BCUT2D eigenvalue weighted by Gasteiger charge is 2.26. The van der Waals surface area contributed by atoms with E-state index in [4.69, 9.17) is 44.7 Å². The number of nitrogens with one attached hydrogen (secondary N) is 1. The van der Waals surface area contributed by atoms with Gasteiger partial charge in [-0.25, -0.2) is 18.4 Å². The van der Waals surface area contributed by atoms with Crippen LogP contribution in [0.2, 0.25) is 5.15 Å². The Hall–Kier alpha value is -2.01. The monoisotopic (exact) mass is 446 g/mol. The van der Waals surface area contributed by atoms with Gasteiger partial charge >= 0.3 is 0 Å². The van der Waals surface area contributed by atoms with Crippen LogP contribution in [0.4, 0.5) is 5.82 Å². The number of anilines is 1. The zero-order valence-corrected chi connectivity index (χ0v) is 16.9. The number of halogens is 2. The average Bonchev–Trinajstić information content (AvgIpc) is 3.01. The fraction of sp³-hybridized carbons (Fsp3) is 0.200. The second kappa shape index (κ2) is 7.93. The molecule has 12 heteroatoms. The molecule has 8 nitrogen and oxygen atoms in total. The number of thiocarbonyl (C=S) groups is 1. The molecular weight excluding hydrogens is 435 g/mol. The van der Waals surface area contributed by atoms with E-state index in [-0.39, 0.29) is 44.7 Å². The number of hydrogen-bond acceptors (Lipinski definition) is 8. The van der Waals surface area contributed by atoms with Crippen molar-refractivity contribution in [2.75, 3.05) is 4.72 Å². The van der Waals surface area contributed by atoms with Gasteiger partial charge in [0.15, 0.2) is 0 Å². The van der Waals surface area contributed by atoms with Crippen molar-refractivity contribution < 1.29 is 17.7 Å². The lowest BCUT2D eigenvalue weighted by Gasteiger charge is -2.15. The number of rotatable bonds is 6. The van der Waals surface area contributed by atoms with Gasteiger partial charge in [0.1, 0.15) is 28.1 Å². The van der Waals surface area contributed by atoms with Gasteiger partial charge in [0.25, 0.3) is 15.9 Å². The fourth-order valence-corrected chi connectivity index (χ4v) is 4.14. The highest BCUT2D eigenvalue weighted by atomic mass is 35.5. The molecule has 27 heavy (non-hydrogen) atoms. The first kappa shape index (κ1) is 19.7. The molecule has 3 rings (SSSR count). The third-order valence-corrected chi connectivity index (χ3v) is 5.66. The number of sulfonamides is 1. The SMILES string of the molecule is Cc1cc(COc2ncc(Cl)nc2NS(=O)(=O)C2=CC(Cl)=CCC2=S)no1. The molecular formula is C15H12Cl2N4O4S2. The topological polar surface area (TPSA) is 107 Å². The van der Waals surface area contributed by atoms with Crippen molar-refractivity contribution in [3.8, 4) is 5.88 Å². The highest BCUT2D eigenvalue weighted by molar-refractivity contribution is 7.99. The van der Waals surface area contributed by atoms with Crippen molar-refractivity contribution >= 4 is 56.1 Å². The third-order valence-electron chi connectivity index (χ3n) is 3.29. The summed E-state index contributed by atoms with van der Waals surface area (Å²) in [6.45, 7) is 1.73. The molecule has 0 saturated carbocycles. The van der Waals surface area contributed by atoms with Crippen LogP contribution in [0.15, 0.2) is 38.9 Å². The number of hydrogen-bond donors (Lipinski definition) is 1. The zero-order valence-electron chi connectivity index (χ0n) is 13.8. The summed E-state index contributed by atoms with van der Waals surface area (Å²) in [6.07, 6.45) is 4.37. The Morgan fingerprint density at radius 3 is 2.89 bits per heavy atom. The molecule has 0 unspecified atom stereocenters. The molecule has 0 aliphatic heterocycles. The number of aryl methyl sites for hydroxylation is 1. The van der Waals surface area contributed by atoms with Crippen LogP contribution in [0.1, 0.15) is 17.9 Å². The maximum Gasteiger partial charge on any atom is 0.264 e. The second-order valence-electron chi connectivity index (χ2n) is 5.39. The molecule has 0 aromatic carbocycles. The van der Waals surface area contributed by atoms with E-state index in [9.17, 15) is 8.42 Å². The number of allylic oxidation sites excluding steroid dienone is 4. The summed E-state index contributed by atoms with van der Waals surface area (Å²) in [5.41, 5.74) is 0.506. The van der Waals surface area contributed by atoms with Crippen LogP contribution in [-0.2, 0) is 16.6 Å². The highest BCUT2D eigenvalue weighted by Crippen LogP contribution is 2.28. The molecule has 0 amide bonds. The largest absolute Gasteiger partial charge is 0.468 e. The second-order valence-corrected chi connectivity index (χ2v) is 8.36. The van der Waals surface area contributed by atoms with Gasteiger partial charge in [0.05, 0.1) is 6.20 Å². The molecule has 142 valence electrons. The molecule has 0 fully saturated rings. The van der Waals surface area contributed by atoms with Crippen molar-refractivity contribution in [2.24, 2.45) is 0 Å². The zero-order chi connectivity index (χ0) is 19.6. The van der Waals surface area contributed by atoms with Gasteiger partial charge in [-0.2, -0.15) is 0 Å². The summed E-state index contributed by atoms with van der Waals surface area (Å²) < 4.78 is 38.2. The Balaban J connectivity index is 1.86. The van der Waals surface area contributed by atoms with Crippen LogP contribution in [0, 0.1) is 6.92 Å². The van der Waals surface area contributed by atoms with Crippen LogP contribution in [-0.4, -0.2) is 28.4 Å². The Labute approximate surface area is 170 Å². The lowest BCUT2D eigenvalue weighted by molar-refractivity contribution is 0.278. The summed E-state index contributed by atoms with van der Waals surface area (Å²) in [6, 6.07) is 1.67. The van der Waals surface area contributed by atoms with Gasteiger partial charge in [-0.15, -0.1) is 0 Å². The Kier molecular flexibility index (Phi) is 5.80. The van der Waals surface area contributed by atoms with E-state index in [1.165, 1.54) is 12.3 Å². The number of ether oxygens (including phenoxy) is 1. The third kappa shape index (κ3) is 4.83. The van der Waals surface area contributed by atoms with Crippen LogP contribution >= 0.6 is 35.4 Å². The quantitative estimate of drug-likeness (QED) is 0.671. The first-order chi connectivity index (χ1) is 12.7. The molecule has 0 radical (unpaired) electrons. The Morgan fingerprint density at radius 2 is 2.19 bits per heavy atom. The van der Waals surface area contributed by atoms with E-state index in [0.29, 0.717) is 11.5 Å². The number of aromatic nitrogens is 3. The minimum absolute atomic E-state index is 0.00193. The standard InChI is InChI=1S/C15H12Cl2N4O4S2/c1-8-4-10(20-25-8)7-24-15-14(19-13(17)6-18-15)21-27(22,23)12-5-9(16)2-3-11(12)26/h2,4-6H,3,7H2,1H3,(H,19,21). The van der Waals surface area contributed by atoms with Crippen LogP contribution in [0.3, 0.4) is 0 Å². The Morgan fingerprint density at radius 1 is 1.41 bits per heavy atom. The molecule has 0 saturated heterocycles. The Bertz CT molecular complexity index is 1060. The van der Waals surface area contributed by atoms with Crippen molar-refractivity contribution in [2.45, 2.75) is 20.0 Å². The summed E-state index contributed by atoms with van der Waals surface area (Å²) >= 11 is 16.9. The lowest BCUT2D eigenvalue weighted by Crippen LogP contribution is -2.22. The summed E-state index contributed by atoms with van der Waals surface area (Å²) in [5, 5.41) is 4.04. The van der Waals surface area contributed by atoms with Crippen LogP contribution in [0.25, 0.3) is 0 Å². The van der Waals surface area contributed by atoms with Gasteiger partial charge < -0.3 is 9.26 Å². The first-order valence-corrected chi connectivity index (χ1v) is 10.1. The molecule has 0 bridgehead atoms. The van der Waals surface area contributed by atoms with E-state index in [1.807, 2.05) is 0 Å². The van der Waals surface area contributed by atoms with Crippen LogP contribution in [0.5, 0.6) is 5.88 Å². The van der Waals surface area contributed by atoms with Gasteiger partial charge in [-0.1, -0.05) is 46.7 Å². The lowest BCUT2D eigenvalue weighted by atomic mass is 10.2. The molecule has 1 aliphatic rings. The minimum Gasteiger partial charge on any atom is -0.468 e. The smallest absolute Gasteiger partial charge is 0.264 e. The van der Waals surface area contributed by atoms with Gasteiger partial charge in [-0.05, 0) is 13.0 Å². The number of nitrogens with zero attached hydrogens (tertiary/aromatic N) is 3. The minimum atomic E-state index is -4.07. The summed E-state index contributed by atoms with van der Waals surface area (Å²) in [4.78, 5) is 8.02. The molecule has 1 aliphatic carbocycles. The van der Waals surface area contributed by atoms with E-state index in [2.05, 4.69) is 19.8 Å². The first-order valence-electron chi connectivity index (χ1n) is 7.45. The summed E-state index contributed by atoms with van der Waals surface area (Å²) in [7, 11) is -4.07. The average molecular weight is 447 g/mol. The van der Waals surface area contributed by atoms with E-state index < -0.39 is 10.0 Å². The molecule has 2 aromatic rings. The normalized spacial score (nSPS) is 14.6. The van der Waals surface area contributed by atoms with E-state index in [0.717, 1.165) is 0 Å². The fourth-order valence-electron chi connectivity index (χ4n) is 2.12.